The summed E-state index contributed by atoms with van der Waals surface area (Å²) >= 11 is 0. The molecule has 144 valence electrons. The van der Waals surface area contributed by atoms with Crippen LogP contribution in [0.4, 0.5) is 0 Å². The number of nitrogens with zero attached hydrogens (tertiary/aromatic N) is 2. The lowest BCUT2D eigenvalue weighted by atomic mass is 9.93. The molecule has 0 unspecified atom stereocenters. The molecule has 1 amide bonds. The molecule has 1 aromatic heterocycles. The van der Waals surface area contributed by atoms with Crippen molar-refractivity contribution in [2.75, 3.05) is 6.79 Å². The standard InChI is InChI=1S/C20H25N3O4/c1-14-21-9-11-23(14)10-8-20(24)22-15-2-4-16(5-3-15)27-17-6-7-18-19(12-17)26-13-25-18/h6-7,9,11-12,15-16H,2-5,8,10,13H2,1H3,(H,22,24). The van der Waals surface area contributed by atoms with E-state index >= 15 is 0 Å². The average Bonchev–Trinajstić information content (AvgIpc) is 3.30. The lowest BCUT2D eigenvalue weighted by Crippen LogP contribution is -2.40. The Hall–Kier alpha value is -2.70. The van der Waals surface area contributed by atoms with Gasteiger partial charge in [0.1, 0.15) is 11.6 Å². The van der Waals surface area contributed by atoms with Crippen molar-refractivity contribution in [1.82, 2.24) is 14.9 Å². The van der Waals surface area contributed by atoms with Crippen molar-refractivity contribution in [1.29, 1.82) is 0 Å². The van der Waals surface area contributed by atoms with Gasteiger partial charge in [-0.2, -0.15) is 0 Å². The van der Waals surface area contributed by atoms with Gasteiger partial charge in [-0.25, -0.2) is 4.98 Å². The molecule has 0 spiro atoms. The van der Waals surface area contributed by atoms with Crippen LogP contribution in [-0.4, -0.2) is 34.4 Å². The molecule has 1 aromatic carbocycles. The highest BCUT2D eigenvalue weighted by Crippen LogP contribution is 2.36. The van der Waals surface area contributed by atoms with Crippen molar-refractivity contribution in [3.05, 3.63) is 36.4 Å². The molecular weight excluding hydrogens is 346 g/mol. The number of amides is 1. The fourth-order valence-corrected chi connectivity index (χ4v) is 3.63. The first-order valence-electron chi connectivity index (χ1n) is 9.51. The van der Waals surface area contributed by atoms with Crippen LogP contribution in [0.25, 0.3) is 0 Å². The molecule has 0 bridgehead atoms. The first kappa shape index (κ1) is 17.7. The van der Waals surface area contributed by atoms with Crippen LogP contribution in [0.5, 0.6) is 17.2 Å². The second-order valence-corrected chi connectivity index (χ2v) is 7.09. The second-order valence-electron chi connectivity index (χ2n) is 7.09. The molecule has 7 nitrogen and oxygen atoms in total. The molecule has 0 saturated heterocycles. The van der Waals surface area contributed by atoms with Gasteiger partial charge in [0.2, 0.25) is 12.7 Å². The molecule has 1 aliphatic carbocycles. The van der Waals surface area contributed by atoms with Crippen molar-refractivity contribution < 1.29 is 19.0 Å². The summed E-state index contributed by atoms with van der Waals surface area (Å²) < 4.78 is 18.8. The number of carbonyl (C=O) groups excluding carboxylic acids is 1. The maximum absolute atomic E-state index is 12.2. The molecule has 27 heavy (non-hydrogen) atoms. The third-order valence-corrected chi connectivity index (χ3v) is 5.19. The van der Waals surface area contributed by atoms with Crippen LogP contribution in [0, 0.1) is 6.92 Å². The van der Waals surface area contributed by atoms with E-state index in [1.807, 2.05) is 35.9 Å². The molecule has 1 N–H and O–H groups in total. The van der Waals surface area contributed by atoms with Crippen LogP contribution >= 0.6 is 0 Å². The third kappa shape index (κ3) is 4.35. The Bertz CT molecular complexity index is 796. The zero-order chi connectivity index (χ0) is 18.6. The van der Waals surface area contributed by atoms with Gasteiger partial charge in [0.05, 0.1) is 6.10 Å². The van der Waals surface area contributed by atoms with Gasteiger partial charge in [0, 0.05) is 37.5 Å². The average molecular weight is 371 g/mol. The summed E-state index contributed by atoms with van der Waals surface area (Å²) in [5.74, 6) is 3.34. The number of imidazole rings is 1. The third-order valence-electron chi connectivity index (χ3n) is 5.19. The second kappa shape index (κ2) is 7.90. The SMILES string of the molecule is Cc1nccn1CCC(=O)NC1CCC(Oc2ccc3c(c2)OCO3)CC1. The number of nitrogens with one attached hydrogen (secondary N) is 1. The van der Waals surface area contributed by atoms with Crippen molar-refractivity contribution in [2.45, 2.75) is 57.7 Å². The predicted octanol–water partition coefficient (Wildman–Crippen LogP) is 2.82. The van der Waals surface area contributed by atoms with Crippen LogP contribution in [0.2, 0.25) is 0 Å². The molecule has 0 atom stereocenters. The highest BCUT2D eigenvalue weighted by molar-refractivity contribution is 5.76. The highest BCUT2D eigenvalue weighted by Gasteiger charge is 2.24. The summed E-state index contributed by atoms with van der Waals surface area (Å²) in [6.45, 7) is 2.88. The van der Waals surface area contributed by atoms with Gasteiger partial charge in [0.25, 0.3) is 0 Å². The number of carbonyl (C=O) groups is 1. The van der Waals surface area contributed by atoms with E-state index in [0.717, 1.165) is 48.8 Å². The number of hydrogen-bond acceptors (Lipinski definition) is 5. The summed E-state index contributed by atoms with van der Waals surface area (Å²) in [5, 5.41) is 3.15. The summed E-state index contributed by atoms with van der Waals surface area (Å²) in [4.78, 5) is 16.4. The number of hydrogen-bond donors (Lipinski definition) is 1. The Kier molecular flexibility index (Phi) is 5.18. The zero-order valence-electron chi connectivity index (χ0n) is 15.5. The minimum absolute atomic E-state index is 0.100. The largest absolute Gasteiger partial charge is 0.490 e. The lowest BCUT2D eigenvalue weighted by Gasteiger charge is -2.29. The van der Waals surface area contributed by atoms with E-state index < -0.39 is 0 Å². The molecule has 1 fully saturated rings. The minimum atomic E-state index is 0.100. The van der Waals surface area contributed by atoms with Crippen LogP contribution in [0.15, 0.2) is 30.6 Å². The van der Waals surface area contributed by atoms with Crippen LogP contribution in [0.3, 0.4) is 0 Å². The van der Waals surface area contributed by atoms with Gasteiger partial charge in [-0.1, -0.05) is 0 Å². The number of ether oxygens (including phenoxy) is 3. The van der Waals surface area contributed by atoms with Crippen molar-refractivity contribution in [3.8, 4) is 17.2 Å². The van der Waals surface area contributed by atoms with Gasteiger partial charge in [-0.05, 0) is 44.7 Å². The molecule has 1 aliphatic heterocycles. The Morgan fingerprint density at radius 1 is 1.26 bits per heavy atom. The van der Waals surface area contributed by atoms with Crippen molar-refractivity contribution in [2.24, 2.45) is 0 Å². The molecule has 0 radical (unpaired) electrons. The molecule has 4 rings (SSSR count). The number of aromatic nitrogens is 2. The first-order chi connectivity index (χ1) is 13.2. The molecule has 2 aromatic rings. The zero-order valence-corrected chi connectivity index (χ0v) is 15.5. The van der Waals surface area contributed by atoms with Crippen LogP contribution in [0.1, 0.15) is 37.9 Å². The van der Waals surface area contributed by atoms with Gasteiger partial charge in [0.15, 0.2) is 11.5 Å². The van der Waals surface area contributed by atoms with E-state index in [1.165, 1.54) is 0 Å². The highest BCUT2D eigenvalue weighted by atomic mass is 16.7. The summed E-state index contributed by atoms with van der Waals surface area (Å²) in [5.41, 5.74) is 0. The van der Waals surface area contributed by atoms with E-state index in [1.54, 1.807) is 6.20 Å². The van der Waals surface area contributed by atoms with Gasteiger partial charge >= 0.3 is 0 Å². The number of fused-ring (bicyclic) bond motifs is 1. The van der Waals surface area contributed by atoms with E-state index in [4.69, 9.17) is 14.2 Å². The maximum Gasteiger partial charge on any atom is 0.231 e. The van der Waals surface area contributed by atoms with E-state index in [9.17, 15) is 4.79 Å². The van der Waals surface area contributed by atoms with E-state index in [-0.39, 0.29) is 24.8 Å². The van der Waals surface area contributed by atoms with E-state index in [2.05, 4.69) is 10.3 Å². The van der Waals surface area contributed by atoms with Gasteiger partial charge in [-0.15, -0.1) is 0 Å². The smallest absolute Gasteiger partial charge is 0.231 e. The molecule has 7 heteroatoms. The lowest BCUT2D eigenvalue weighted by molar-refractivity contribution is -0.122. The number of aryl methyl sites for hydroxylation is 2. The fourth-order valence-electron chi connectivity index (χ4n) is 3.63. The Morgan fingerprint density at radius 3 is 2.85 bits per heavy atom. The van der Waals surface area contributed by atoms with E-state index in [0.29, 0.717) is 13.0 Å². The maximum atomic E-state index is 12.2. The van der Waals surface area contributed by atoms with Crippen LogP contribution in [-0.2, 0) is 11.3 Å². The minimum Gasteiger partial charge on any atom is -0.490 e. The monoisotopic (exact) mass is 371 g/mol. The molecule has 1 saturated carbocycles. The summed E-state index contributed by atoms with van der Waals surface area (Å²) in [7, 11) is 0. The Balaban J connectivity index is 1.19. The predicted molar refractivity (Wildman–Crippen MR) is 99.0 cm³/mol. The van der Waals surface area contributed by atoms with Crippen LogP contribution < -0.4 is 19.5 Å². The number of rotatable bonds is 6. The summed E-state index contributed by atoms with van der Waals surface area (Å²) in [6, 6.07) is 5.91. The van der Waals surface area contributed by atoms with Gasteiger partial charge in [-0.3, -0.25) is 4.79 Å². The number of benzene rings is 1. The van der Waals surface area contributed by atoms with Gasteiger partial charge < -0.3 is 24.1 Å². The Labute approximate surface area is 158 Å². The van der Waals surface area contributed by atoms with Crippen molar-refractivity contribution in [3.63, 3.8) is 0 Å². The quantitative estimate of drug-likeness (QED) is 0.845. The summed E-state index contributed by atoms with van der Waals surface area (Å²) in [6.07, 6.45) is 8.05. The fraction of sp³-hybridized carbons (Fsp3) is 0.500. The topological polar surface area (TPSA) is 74.6 Å². The molecule has 2 heterocycles. The Morgan fingerprint density at radius 2 is 2.07 bits per heavy atom. The molecular formula is C20H25N3O4. The first-order valence-corrected chi connectivity index (χ1v) is 9.51. The molecule has 2 aliphatic rings. The normalized spacial score (nSPS) is 21.1. The van der Waals surface area contributed by atoms with Crippen molar-refractivity contribution >= 4 is 5.91 Å².